The molecule has 1 saturated heterocycles. The maximum atomic E-state index is 14.1. The van der Waals surface area contributed by atoms with Crippen molar-refractivity contribution in [2.45, 2.75) is 43.3 Å². The molecule has 0 saturated carbocycles. The van der Waals surface area contributed by atoms with Gasteiger partial charge in [0.25, 0.3) is 5.91 Å². The molecule has 3 aromatic carbocycles. The normalized spacial score (nSPS) is 16.0. The van der Waals surface area contributed by atoms with E-state index in [4.69, 9.17) is 23.2 Å². The van der Waals surface area contributed by atoms with Gasteiger partial charge in [-0.3, -0.25) is 9.59 Å². The maximum absolute atomic E-state index is 14.1. The molecule has 12 heteroatoms. The molecule has 1 fully saturated rings. The highest BCUT2D eigenvalue weighted by Crippen LogP contribution is 2.26. The second-order valence-electron chi connectivity index (χ2n) is 9.01. The highest BCUT2D eigenvalue weighted by Gasteiger charge is 2.36. The van der Waals surface area contributed by atoms with Crippen molar-refractivity contribution in [3.8, 4) is 0 Å². The summed E-state index contributed by atoms with van der Waals surface area (Å²) in [4.78, 5) is 25.4. The quantitative estimate of drug-likeness (QED) is 0.356. The second kappa shape index (κ2) is 12.4. The lowest BCUT2D eigenvalue weighted by molar-refractivity contribution is -0.124. The number of rotatable bonds is 8. The third-order valence-electron chi connectivity index (χ3n) is 6.39. The predicted octanol–water partition coefficient (Wildman–Crippen LogP) is 5.06. The van der Waals surface area contributed by atoms with Crippen LogP contribution < -0.4 is 10.6 Å². The zero-order chi connectivity index (χ0) is 28.2. The highest BCUT2D eigenvalue weighted by atomic mass is 35.5. The fraction of sp³-hybridized carbons (Fsp3) is 0.259. The molecular formula is C27H25Cl2F2N3O4S. The number of nitrogens with one attached hydrogen (secondary N) is 2. The number of carbonyl (C=O) groups excluding carboxylic acids is 2. The van der Waals surface area contributed by atoms with Gasteiger partial charge in [0.2, 0.25) is 15.9 Å². The summed E-state index contributed by atoms with van der Waals surface area (Å²) >= 11 is 11.6. The zero-order valence-electron chi connectivity index (χ0n) is 20.6. The number of benzene rings is 3. The number of nitrogens with zero attached hydrogens (tertiary/aromatic N) is 1. The highest BCUT2D eigenvalue weighted by molar-refractivity contribution is 7.89. The molecule has 7 nitrogen and oxygen atoms in total. The van der Waals surface area contributed by atoms with Crippen molar-refractivity contribution < 1.29 is 26.8 Å². The Morgan fingerprint density at radius 1 is 1.00 bits per heavy atom. The molecule has 1 aliphatic rings. The first-order chi connectivity index (χ1) is 18.6. The Morgan fingerprint density at radius 3 is 2.38 bits per heavy atom. The molecular weight excluding hydrogens is 571 g/mol. The summed E-state index contributed by atoms with van der Waals surface area (Å²) in [5.74, 6) is -2.75. The van der Waals surface area contributed by atoms with E-state index < -0.39 is 40.2 Å². The van der Waals surface area contributed by atoms with Crippen molar-refractivity contribution >= 4 is 45.0 Å². The SMILES string of the molecule is O=C(NCc1c(F)ccc(Cl)c1F)c1ccc(CN([C@@H]2CCCCNC2=O)S(=O)(=O)c2ccc(Cl)cc2)cc1. The Hall–Kier alpha value is -3.05. The van der Waals surface area contributed by atoms with Crippen LogP contribution in [0.25, 0.3) is 0 Å². The molecule has 0 radical (unpaired) electrons. The molecule has 2 amide bonds. The fourth-order valence-corrected chi connectivity index (χ4v) is 6.15. The van der Waals surface area contributed by atoms with Crippen LogP contribution in [0.5, 0.6) is 0 Å². The third-order valence-corrected chi connectivity index (χ3v) is 8.81. The van der Waals surface area contributed by atoms with E-state index in [-0.39, 0.29) is 33.5 Å². The molecule has 2 N–H and O–H groups in total. The molecule has 0 aliphatic carbocycles. The number of sulfonamides is 1. The number of carbonyl (C=O) groups is 2. The summed E-state index contributed by atoms with van der Waals surface area (Å²) in [7, 11) is -4.09. The second-order valence-corrected chi connectivity index (χ2v) is 11.7. The molecule has 1 heterocycles. The molecule has 39 heavy (non-hydrogen) atoms. The van der Waals surface area contributed by atoms with Gasteiger partial charge in [-0.15, -0.1) is 0 Å². The van der Waals surface area contributed by atoms with E-state index in [1.165, 1.54) is 36.4 Å². The maximum Gasteiger partial charge on any atom is 0.251 e. The first kappa shape index (κ1) is 28.9. The molecule has 206 valence electrons. The van der Waals surface area contributed by atoms with Crippen LogP contribution in [0.4, 0.5) is 8.78 Å². The van der Waals surface area contributed by atoms with E-state index in [9.17, 15) is 26.8 Å². The first-order valence-electron chi connectivity index (χ1n) is 12.1. The Balaban J connectivity index is 1.54. The van der Waals surface area contributed by atoms with Crippen molar-refractivity contribution in [2.24, 2.45) is 0 Å². The lowest BCUT2D eigenvalue weighted by Crippen LogP contribution is -2.48. The van der Waals surface area contributed by atoms with E-state index in [1.807, 2.05) is 0 Å². The number of hydrogen-bond acceptors (Lipinski definition) is 4. The van der Waals surface area contributed by atoms with Gasteiger partial charge >= 0.3 is 0 Å². The van der Waals surface area contributed by atoms with Gasteiger partial charge in [-0.25, -0.2) is 17.2 Å². The van der Waals surface area contributed by atoms with Crippen LogP contribution in [-0.4, -0.2) is 37.1 Å². The Bertz CT molecular complexity index is 1470. The van der Waals surface area contributed by atoms with E-state index in [0.29, 0.717) is 30.0 Å². The van der Waals surface area contributed by atoms with Crippen LogP contribution in [-0.2, 0) is 27.9 Å². The molecule has 0 spiro atoms. The van der Waals surface area contributed by atoms with Crippen molar-refractivity contribution in [2.75, 3.05) is 6.54 Å². The van der Waals surface area contributed by atoms with Gasteiger partial charge in [0, 0.05) is 35.8 Å². The third kappa shape index (κ3) is 6.75. The lowest BCUT2D eigenvalue weighted by Gasteiger charge is -2.29. The van der Waals surface area contributed by atoms with Gasteiger partial charge in [-0.1, -0.05) is 35.3 Å². The van der Waals surface area contributed by atoms with Crippen molar-refractivity contribution in [1.82, 2.24) is 14.9 Å². The van der Waals surface area contributed by atoms with Gasteiger partial charge in [-0.2, -0.15) is 4.31 Å². The van der Waals surface area contributed by atoms with Crippen molar-refractivity contribution in [3.63, 3.8) is 0 Å². The molecule has 1 aliphatic heterocycles. The van der Waals surface area contributed by atoms with E-state index in [1.54, 1.807) is 12.1 Å². The van der Waals surface area contributed by atoms with Crippen LogP contribution in [0.2, 0.25) is 10.0 Å². The topological polar surface area (TPSA) is 95.6 Å². The van der Waals surface area contributed by atoms with Crippen molar-refractivity contribution in [3.05, 3.63) is 99.0 Å². The number of halogens is 4. The molecule has 4 rings (SSSR count). The Kier molecular flexibility index (Phi) is 9.22. The largest absolute Gasteiger partial charge is 0.355 e. The Labute approximate surface area is 235 Å². The lowest BCUT2D eigenvalue weighted by atomic mass is 10.1. The minimum Gasteiger partial charge on any atom is -0.355 e. The van der Waals surface area contributed by atoms with Crippen LogP contribution in [0.1, 0.15) is 40.7 Å². The van der Waals surface area contributed by atoms with E-state index in [2.05, 4.69) is 10.6 Å². The van der Waals surface area contributed by atoms with Crippen molar-refractivity contribution in [1.29, 1.82) is 0 Å². The standard InChI is InChI=1S/C27H25Cl2F2N3O4S/c28-19-8-10-20(11-9-19)39(37,38)34(24-3-1-2-14-32-27(24)36)16-17-4-6-18(7-5-17)26(35)33-15-21-23(30)13-12-22(29)25(21)31/h4-13,24H,1-3,14-16H2,(H,32,36)(H,33,35)/t24-/m1/s1. The van der Waals surface area contributed by atoms with E-state index in [0.717, 1.165) is 22.9 Å². The molecule has 0 aromatic heterocycles. The molecule has 1 atom stereocenters. The summed E-state index contributed by atoms with van der Waals surface area (Å²) in [6, 6.07) is 13.0. The summed E-state index contributed by atoms with van der Waals surface area (Å²) in [6.45, 7) is -0.0659. The molecule has 0 unspecified atom stereocenters. The molecule has 0 bridgehead atoms. The Morgan fingerprint density at radius 2 is 1.69 bits per heavy atom. The summed E-state index contributed by atoms with van der Waals surface area (Å²) in [6.07, 6.45) is 1.77. The van der Waals surface area contributed by atoms with Gasteiger partial charge in [0.1, 0.15) is 17.7 Å². The monoisotopic (exact) mass is 595 g/mol. The smallest absolute Gasteiger partial charge is 0.251 e. The van der Waals surface area contributed by atoms with Crippen LogP contribution in [0.3, 0.4) is 0 Å². The fourth-order valence-electron chi connectivity index (χ4n) is 4.25. The van der Waals surface area contributed by atoms with Gasteiger partial charge < -0.3 is 10.6 Å². The summed E-state index contributed by atoms with van der Waals surface area (Å²) in [5, 5.41) is 5.35. The molecule has 3 aromatic rings. The van der Waals surface area contributed by atoms with Crippen LogP contribution in [0, 0.1) is 11.6 Å². The van der Waals surface area contributed by atoms with Crippen LogP contribution >= 0.6 is 23.2 Å². The minimum atomic E-state index is -4.09. The van der Waals surface area contributed by atoms with Gasteiger partial charge in [0.05, 0.1) is 9.92 Å². The average molecular weight is 596 g/mol. The van der Waals surface area contributed by atoms with E-state index >= 15 is 0 Å². The van der Waals surface area contributed by atoms with Gasteiger partial charge in [-0.05, 0) is 73.4 Å². The first-order valence-corrected chi connectivity index (χ1v) is 14.3. The minimum absolute atomic E-state index is 0.000393. The average Bonchev–Trinajstić information content (AvgIpc) is 3.13. The predicted molar refractivity (Wildman–Crippen MR) is 144 cm³/mol. The number of hydrogen-bond donors (Lipinski definition) is 2. The summed E-state index contributed by atoms with van der Waals surface area (Å²) in [5.41, 5.74) is 0.367. The number of amides is 2. The zero-order valence-corrected chi connectivity index (χ0v) is 22.9. The summed E-state index contributed by atoms with van der Waals surface area (Å²) < 4.78 is 56.5. The van der Waals surface area contributed by atoms with Gasteiger partial charge in [0.15, 0.2) is 0 Å². The van der Waals surface area contributed by atoms with Crippen LogP contribution in [0.15, 0.2) is 65.6 Å².